The minimum Gasteiger partial charge on any atom is -0.297 e. The van der Waals surface area contributed by atoms with Crippen LogP contribution in [0.25, 0.3) is 0 Å². The summed E-state index contributed by atoms with van der Waals surface area (Å²) in [6.45, 7) is 9.43. The van der Waals surface area contributed by atoms with E-state index < -0.39 is 10.0 Å². The van der Waals surface area contributed by atoms with Crippen LogP contribution in [0.3, 0.4) is 0 Å². The summed E-state index contributed by atoms with van der Waals surface area (Å²) in [5.41, 5.74) is 2.54. The minimum atomic E-state index is -3.45. The van der Waals surface area contributed by atoms with E-state index in [4.69, 9.17) is 0 Å². The average molecular weight is 379 g/mol. The van der Waals surface area contributed by atoms with Gasteiger partial charge in [0.05, 0.1) is 4.90 Å². The number of hydrogen-bond donors (Lipinski definition) is 1. The first-order valence-electron chi connectivity index (χ1n) is 8.63. The molecule has 0 spiro atoms. The molecule has 4 nitrogen and oxygen atoms in total. The highest BCUT2D eigenvalue weighted by Gasteiger charge is 2.19. The summed E-state index contributed by atoms with van der Waals surface area (Å²) in [6, 6.07) is 9.37. The van der Waals surface area contributed by atoms with Gasteiger partial charge in [0.2, 0.25) is 10.0 Å². The van der Waals surface area contributed by atoms with Crippen LogP contribution in [0.5, 0.6) is 0 Å². The van der Waals surface area contributed by atoms with Crippen molar-refractivity contribution in [3.05, 3.63) is 51.7 Å². The molecular weight excluding hydrogens is 352 g/mol. The van der Waals surface area contributed by atoms with E-state index >= 15 is 0 Å². The van der Waals surface area contributed by atoms with Crippen LogP contribution in [0.4, 0.5) is 0 Å². The van der Waals surface area contributed by atoms with Crippen molar-refractivity contribution in [3.63, 3.8) is 0 Å². The van der Waals surface area contributed by atoms with Gasteiger partial charge in [0.1, 0.15) is 0 Å². The van der Waals surface area contributed by atoms with Crippen molar-refractivity contribution in [1.29, 1.82) is 0 Å². The first-order chi connectivity index (χ1) is 11.8. The SMILES string of the molecule is CC(C)(C)c1ccc(S(=O)(=O)NCCN2CCc3sccc3C2)cc1. The molecule has 0 atom stereocenters. The molecule has 0 aliphatic carbocycles. The number of nitrogens with one attached hydrogen (secondary N) is 1. The monoisotopic (exact) mass is 378 g/mol. The Bertz CT molecular complexity index is 818. The van der Waals surface area contributed by atoms with E-state index in [1.165, 1.54) is 10.4 Å². The zero-order valence-electron chi connectivity index (χ0n) is 15.1. The number of nitrogens with zero attached hydrogens (tertiary/aromatic N) is 1. The zero-order valence-corrected chi connectivity index (χ0v) is 16.7. The molecule has 0 saturated carbocycles. The van der Waals surface area contributed by atoms with Crippen LogP contribution in [0.1, 0.15) is 36.8 Å². The van der Waals surface area contributed by atoms with Gasteiger partial charge in [0.25, 0.3) is 0 Å². The highest BCUT2D eigenvalue weighted by Crippen LogP contribution is 2.24. The van der Waals surface area contributed by atoms with E-state index in [1.54, 1.807) is 12.1 Å². The molecule has 1 aromatic carbocycles. The highest BCUT2D eigenvalue weighted by atomic mass is 32.2. The Kier molecular flexibility index (Phi) is 5.34. The Morgan fingerprint density at radius 2 is 1.88 bits per heavy atom. The van der Waals surface area contributed by atoms with E-state index in [0.717, 1.165) is 31.6 Å². The van der Waals surface area contributed by atoms with Crippen LogP contribution in [0.15, 0.2) is 40.6 Å². The standard InChI is InChI=1S/C19H26N2O2S2/c1-19(2,3)16-4-6-17(7-5-16)25(22,23)20-10-12-21-11-8-18-15(14-21)9-13-24-18/h4-7,9,13,20H,8,10-12,14H2,1-3H3. The second-order valence-electron chi connectivity index (χ2n) is 7.57. The maximum atomic E-state index is 12.5. The number of sulfonamides is 1. The molecule has 1 aliphatic rings. The van der Waals surface area contributed by atoms with Gasteiger partial charge in [-0.2, -0.15) is 0 Å². The fourth-order valence-corrected chi connectivity index (χ4v) is 4.96. The molecule has 0 unspecified atom stereocenters. The third-order valence-electron chi connectivity index (χ3n) is 4.64. The molecule has 6 heteroatoms. The normalized spacial score (nSPS) is 16.0. The number of fused-ring (bicyclic) bond motifs is 1. The fraction of sp³-hybridized carbons (Fsp3) is 0.474. The second-order valence-corrected chi connectivity index (χ2v) is 10.3. The molecule has 0 radical (unpaired) electrons. The summed E-state index contributed by atoms with van der Waals surface area (Å²) in [6.07, 6.45) is 1.06. The molecule has 1 aromatic heterocycles. The Balaban J connectivity index is 1.55. The van der Waals surface area contributed by atoms with Crippen LogP contribution >= 0.6 is 11.3 Å². The van der Waals surface area contributed by atoms with E-state index in [-0.39, 0.29) is 5.41 Å². The fourth-order valence-electron chi connectivity index (χ4n) is 3.05. The van der Waals surface area contributed by atoms with E-state index in [9.17, 15) is 8.42 Å². The second kappa shape index (κ2) is 7.19. The van der Waals surface area contributed by atoms with Gasteiger partial charge in [-0.1, -0.05) is 32.9 Å². The molecule has 0 fully saturated rings. The minimum absolute atomic E-state index is 0.0183. The van der Waals surface area contributed by atoms with Crippen LogP contribution < -0.4 is 4.72 Å². The van der Waals surface area contributed by atoms with Crippen molar-refractivity contribution in [2.24, 2.45) is 0 Å². The summed E-state index contributed by atoms with van der Waals surface area (Å²) >= 11 is 1.82. The number of rotatable bonds is 5. The summed E-state index contributed by atoms with van der Waals surface area (Å²) in [5, 5.41) is 2.14. The molecular formula is C19H26N2O2S2. The van der Waals surface area contributed by atoms with Crippen molar-refractivity contribution >= 4 is 21.4 Å². The van der Waals surface area contributed by atoms with Gasteiger partial charge in [-0.25, -0.2) is 13.1 Å². The largest absolute Gasteiger partial charge is 0.297 e. The zero-order chi connectivity index (χ0) is 18.1. The maximum Gasteiger partial charge on any atom is 0.240 e. The third-order valence-corrected chi connectivity index (χ3v) is 7.14. The topological polar surface area (TPSA) is 49.4 Å². The lowest BCUT2D eigenvalue weighted by Gasteiger charge is -2.26. The smallest absolute Gasteiger partial charge is 0.240 e. The van der Waals surface area contributed by atoms with Gasteiger partial charge >= 0.3 is 0 Å². The lowest BCUT2D eigenvalue weighted by atomic mass is 9.87. The van der Waals surface area contributed by atoms with Gasteiger partial charge in [-0.3, -0.25) is 4.90 Å². The molecule has 1 N–H and O–H groups in total. The van der Waals surface area contributed by atoms with E-state index in [1.807, 2.05) is 23.5 Å². The molecule has 0 saturated heterocycles. The van der Waals surface area contributed by atoms with Crippen LogP contribution in [-0.2, 0) is 28.4 Å². The van der Waals surface area contributed by atoms with Crippen molar-refractivity contribution < 1.29 is 8.42 Å². The first kappa shape index (κ1) is 18.6. The van der Waals surface area contributed by atoms with Gasteiger partial charge in [-0.15, -0.1) is 11.3 Å². The highest BCUT2D eigenvalue weighted by molar-refractivity contribution is 7.89. The molecule has 0 amide bonds. The molecule has 3 rings (SSSR count). The predicted octanol–water partition coefficient (Wildman–Crippen LogP) is 3.38. The van der Waals surface area contributed by atoms with Crippen LogP contribution in [-0.4, -0.2) is 33.0 Å². The molecule has 25 heavy (non-hydrogen) atoms. The van der Waals surface area contributed by atoms with Crippen molar-refractivity contribution in [1.82, 2.24) is 9.62 Å². The van der Waals surface area contributed by atoms with E-state index in [0.29, 0.717) is 11.4 Å². The van der Waals surface area contributed by atoms with Crippen molar-refractivity contribution in [2.75, 3.05) is 19.6 Å². The molecule has 2 heterocycles. The third kappa shape index (κ3) is 4.50. The Morgan fingerprint density at radius 3 is 2.56 bits per heavy atom. The molecule has 1 aliphatic heterocycles. The van der Waals surface area contributed by atoms with Gasteiger partial charge < -0.3 is 0 Å². The molecule has 0 bridgehead atoms. The summed E-state index contributed by atoms with van der Waals surface area (Å²) in [7, 11) is -3.45. The average Bonchev–Trinajstić information content (AvgIpc) is 3.02. The van der Waals surface area contributed by atoms with Crippen LogP contribution in [0, 0.1) is 0 Å². The predicted molar refractivity (Wildman–Crippen MR) is 104 cm³/mol. The lowest BCUT2D eigenvalue weighted by molar-refractivity contribution is 0.260. The number of hydrogen-bond acceptors (Lipinski definition) is 4. The first-order valence-corrected chi connectivity index (χ1v) is 11.0. The Hall–Kier alpha value is -1.21. The van der Waals surface area contributed by atoms with Crippen molar-refractivity contribution in [3.8, 4) is 0 Å². The van der Waals surface area contributed by atoms with Crippen molar-refractivity contribution in [2.45, 2.75) is 44.0 Å². The summed E-state index contributed by atoms with van der Waals surface area (Å²) in [4.78, 5) is 4.11. The molecule has 136 valence electrons. The Morgan fingerprint density at radius 1 is 1.16 bits per heavy atom. The van der Waals surface area contributed by atoms with Crippen LogP contribution in [0.2, 0.25) is 0 Å². The number of thiophene rings is 1. The molecule has 2 aromatic rings. The maximum absolute atomic E-state index is 12.5. The Labute approximate surface area is 154 Å². The number of benzene rings is 1. The lowest BCUT2D eigenvalue weighted by Crippen LogP contribution is -2.37. The summed E-state index contributed by atoms with van der Waals surface area (Å²) in [5.74, 6) is 0. The summed E-state index contributed by atoms with van der Waals surface area (Å²) < 4.78 is 27.7. The van der Waals surface area contributed by atoms with Gasteiger partial charge in [-0.05, 0) is 46.5 Å². The van der Waals surface area contributed by atoms with E-state index in [2.05, 4.69) is 41.8 Å². The van der Waals surface area contributed by atoms with Gasteiger partial charge in [0, 0.05) is 31.1 Å². The quantitative estimate of drug-likeness (QED) is 0.868. The van der Waals surface area contributed by atoms with Gasteiger partial charge in [0.15, 0.2) is 0 Å².